The van der Waals surface area contributed by atoms with Crippen molar-refractivity contribution in [1.29, 1.82) is 0 Å². The zero-order valence-corrected chi connectivity index (χ0v) is 12.2. The molecule has 3 rings (SSSR count). The van der Waals surface area contributed by atoms with Gasteiger partial charge in [-0.25, -0.2) is 0 Å². The molecule has 0 spiro atoms. The third-order valence-electron chi connectivity index (χ3n) is 4.46. The Hall–Kier alpha value is -2.06. The van der Waals surface area contributed by atoms with Crippen LogP contribution in [-0.2, 0) is 22.4 Å². The highest BCUT2D eigenvalue weighted by atomic mass is 19.4. The van der Waals surface area contributed by atoms with Crippen LogP contribution in [0.1, 0.15) is 30.5 Å². The molecule has 3 atom stereocenters. The summed E-state index contributed by atoms with van der Waals surface area (Å²) in [5, 5.41) is 11.5. The summed E-state index contributed by atoms with van der Waals surface area (Å²) in [7, 11) is 0. The molecule has 0 aromatic carbocycles. The van der Waals surface area contributed by atoms with Crippen molar-refractivity contribution in [2.45, 2.75) is 50.4 Å². The fourth-order valence-electron chi connectivity index (χ4n) is 3.14. The molecule has 2 aliphatic rings. The number of nitrogens with one attached hydrogen (secondary N) is 3. The van der Waals surface area contributed by atoms with Crippen molar-refractivity contribution in [3.63, 3.8) is 0 Å². The Morgan fingerprint density at radius 1 is 1.30 bits per heavy atom. The number of nitrogens with zero attached hydrogens (tertiary/aromatic N) is 1. The van der Waals surface area contributed by atoms with Gasteiger partial charge in [0.05, 0.1) is 6.20 Å². The van der Waals surface area contributed by atoms with Gasteiger partial charge < -0.3 is 10.6 Å². The molecular formula is C14H17F3N4O2. The molecular weight excluding hydrogens is 313 g/mol. The quantitative estimate of drug-likeness (QED) is 0.702. The molecule has 9 heteroatoms. The number of halogens is 3. The van der Waals surface area contributed by atoms with E-state index in [0.29, 0.717) is 6.42 Å². The second kappa shape index (κ2) is 5.86. The number of aromatic nitrogens is 2. The first-order valence-corrected chi connectivity index (χ1v) is 7.53. The van der Waals surface area contributed by atoms with Gasteiger partial charge >= 0.3 is 6.18 Å². The standard InChI is InChI=1S/C14H17F3N4O2/c15-14(16,17)11-4-3-9(13(23)20-11)12(22)19-8-2-1-7-6-18-21-10(7)5-8/h6,8-9,11H,1-5H2,(H,18,21)(H,19,22)(H,20,23). The zero-order valence-electron chi connectivity index (χ0n) is 12.2. The van der Waals surface area contributed by atoms with Crippen molar-refractivity contribution < 1.29 is 22.8 Å². The number of aryl methyl sites for hydroxylation is 1. The summed E-state index contributed by atoms with van der Waals surface area (Å²) in [5.41, 5.74) is 2.06. The van der Waals surface area contributed by atoms with Crippen LogP contribution in [0.2, 0.25) is 0 Å². The van der Waals surface area contributed by atoms with Gasteiger partial charge in [0.25, 0.3) is 0 Å². The van der Waals surface area contributed by atoms with Crippen molar-refractivity contribution in [1.82, 2.24) is 20.8 Å². The smallest absolute Gasteiger partial charge is 0.352 e. The number of piperidine rings is 1. The lowest BCUT2D eigenvalue weighted by Crippen LogP contribution is -2.55. The van der Waals surface area contributed by atoms with E-state index in [1.54, 1.807) is 6.20 Å². The molecule has 1 aliphatic carbocycles. The molecule has 1 aliphatic heterocycles. The normalized spacial score (nSPS) is 28.0. The number of H-pyrrole nitrogens is 1. The van der Waals surface area contributed by atoms with Crippen LogP contribution in [-0.4, -0.2) is 40.3 Å². The first-order valence-electron chi connectivity index (χ1n) is 7.53. The number of alkyl halides is 3. The van der Waals surface area contributed by atoms with E-state index in [4.69, 9.17) is 0 Å². The molecule has 3 unspecified atom stereocenters. The van der Waals surface area contributed by atoms with Crippen LogP contribution in [0.15, 0.2) is 6.20 Å². The molecule has 23 heavy (non-hydrogen) atoms. The predicted octanol–water partition coefficient (Wildman–Crippen LogP) is 0.840. The van der Waals surface area contributed by atoms with E-state index in [-0.39, 0.29) is 18.9 Å². The summed E-state index contributed by atoms with van der Waals surface area (Å²) in [6.45, 7) is 0. The molecule has 1 aromatic rings. The second-order valence-corrected chi connectivity index (χ2v) is 6.05. The largest absolute Gasteiger partial charge is 0.408 e. The summed E-state index contributed by atoms with van der Waals surface area (Å²) >= 11 is 0. The van der Waals surface area contributed by atoms with Gasteiger partial charge in [-0.1, -0.05) is 0 Å². The number of carbonyl (C=O) groups excluding carboxylic acids is 2. The number of fused-ring (bicyclic) bond motifs is 1. The molecule has 3 N–H and O–H groups in total. The Balaban J connectivity index is 1.56. The fraction of sp³-hybridized carbons (Fsp3) is 0.643. The lowest BCUT2D eigenvalue weighted by Gasteiger charge is -2.31. The highest BCUT2D eigenvalue weighted by Crippen LogP contribution is 2.29. The van der Waals surface area contributed by atoms with Gasteiger partial charge in [-0.2, -0.15) is 18.3 Å². The van der Waals surface area contributed by atoms with Crippen molar-refractivity contribution in [3.05, 3.63) is 17.5 Å². The number of carbonyl (C=O) groups is 2. The van der Waals surface area contributed by atoms with E-state index < -0.39 is 30.0 Å². The minimum atomic E-state index is -4.47. The summed E-state index contributed by atoms with van der Waals surface area (Å²) in [6.07, 6.45) is -1.02. The lowest BCUT2D eigenvalue weighted by molar-refractivity contribution is -0.171. The molecule has 0 bridgehead atoms. The third kappa shape index (κ3) is 3.32. The van der Waals surface area contributed by atoms with Crippen molar-refractivity contribution in [2.75, 3.05) is 0 Å². The van der Waals surface area contributed by atoms with Gasteiger partial charge in [-0.3, -0.25) is 14.7 Å². The van der Waals surface area contributed by atoms with E-state index in [1.807, 2.05) is 5.32 Å². The van der Waals surface area contributed by atoms with Gasteiger partial charge in [-0.05, 0) is 31.2 Å². The number of amides is 2. The van der Waals surface area contributed by atoms with E-state index in [0.717, 1.165) is 24.1 Å². The molecule has 126 valence electrons. The van der Waals surface area contributed by atoms with Crippen LogP contribution in [0.5, 0.6) is 0 Å². The molecule has 6 nitrogen and oxygen atoms in total. The first-order chi connectivity index (χ1) is 10.8. The highest BCUT2D eigenvalue weighted by molar-refractivity contribution is 6.01. The van der Waals surface area contributed by atoms with Crippen LogP contribution in [0.3, 0.4) is 0 Å². The first kappa shape index (κ1) is 15.8. The highest BCUT2D eigenvalue weighted by Gasteiger charge is 2.46. The Bertz CT molecular complexity index is 613. The number of hydrogen-bond donors (Lipinski definition) is 3. The third-order valence-corrected chi connectivity index (χ3v) is 4.46. The van der Waals surface area contributed by atoms with Crippen molar-refractivity contribution in [3.8, 4) is 0 Å². The van der Waals surface area contributed by atoms with Crippen LogP contribution in [0.25, 0.3) is 0 Å². The van der Waals surface area contributed by atoms with E-state index in [9.17, 15) is 22.8 Å². The van der Waals surface area contributed by atoms with E-state index in [1.165, 1.54) is 0 Å². The topological polar surface area (TPSA) is 86.9 Å². The number of hydrogen-bond acceptors (Lipinski definition) is 3. The van der Waals surface area contributed by atoms with Crippen LogP contribution < -0.4 is 10.6 Å². The van der Waals surface area contributed by atoms with E-state index >= 15 is 0 Å². The van der Waals surface area contributed by atoms with Gasteiger partial charge in [0.2, 0.25) is 11.8 Å². The minimum absolute atomic E-state index is 0.0934. The maximum absolute atomic E-state index is 12.6. The van der Waals surface area contributed by atoms with Gasteiger partial charge in [-0.15, -0.1) is 0 Å². The Labute approximate surface area is 130 Å². The molecule has 0 radical (unpaired) electrons. The molecule has 1 aromatic heterocycles. The monoisotopic (exact) mass is 330 g/mol. The van der Waals surface area contributed by atoms with Crippen LogP contribution in [0, 0.1) is 5.92 Å². The zero-order chi connectivity index (χ0) is 16.6. The summed E-state index contributed by atoms with van der Waals surface area (Å²) < 4.78 is 37.8. The van der Waals surface area contributed by atoms with E-state index in [2.05, 4.69) is 15.5 Å². The Morgan fingerprint density at radius 3 is 2.78 bits per heavy atom. The SMILES string of the molecule is O=C(NC1CCc2cn[nH]c2C1)C1CCC(C(F)(F)F)NC1=O. The molecule has 1 fully saturated rings. The average Bonchev–Trinajstić information content (AvgIpc) is 2.93. The number of rotatable bonds is 2. The fourth-order valence-corrected chi connectivity index (χ4v) is 3.14. The van der Waals surface area contributed by atoms with Gasteiger partial charge in [0, 0.05) is 18.2 Å². The Kier molecular flexibility index (Phi) is 4.03. The molecule has 2 heterocycles. The average molecular weight is 330 g/mol. The van der Waals surface area contributed by atoms with Gasteiger partial charge in [0.15, 0.2) is 0 Å². The summed E-state index contributed by atoms with van der Waals surface area (Å²) in [5.74, 6) is -2.41. The maximum Gasteiger partial charge on any atom is 0.408 e. The minimum Gasteiger partial charge on any atom is -0.352 e. The summed E-state index contributed by atoms with van der Waals surface area (Å²) in [4.78, 5) is 24.0. The predicted molar refractivity (Wildman–Crippen MR) is 73.3 cm³/mol. The van der Waals surface area contributed by atoms with Gasteiger partial charge in [0.1, 0.15) is 12.0 Å². The summed E-state index contributed by atoms with van der Waals surface area (Å²) in [6, 6.07) is -2.00. The molecule has 0 saturated carbocycles. The second-order valence-electron chi connectivity index (χ2n) is 6.05. The maximum atomic E-state index is 12.6. The van der Waals surface area contributed by atoms with Crippen LogP contribution in [0.4, 0.5) is 13.2 Å². The molecule has 2 amide bonds. The lowest BCUT2D eigenvalue weighted by atomic mass is 9.90. The van der Waals surface area contributed by atoms with Crippen LogP contribution >= 0.6 is 0 Å². The number of aromatic amines is 1. The Morgan fingerprint density at radius 2 is 2.09 bits per heavy atom. The van der Waals surface area contributed by atoms with Crippen molar-refractivity contribution in [2.24, 2.45) is 5.92 Å². The molecule has 1 saturated heterocycles. The van der Waals surface area contributed by atoms with Crippen molar-refractivity contribution >= 4 is 11.8 Å².